The summed E-state index contributed by atoms with van der Waals surface area (Å²) in [5, 5.41) is 2.78. The molecule has 0 aliphatic carbocycles. The minimum absolute atomic E-state index is 0.0780. The number of ether oxygens (including phenoxy) is 2. The van der Waals surface area contributed by atoms with E-state index in [2.05, 4.69) is 5.32 Å². The fourth-order valence-electron chi connectivity index (χ4n) is 2.25. The highest BCUT2D eigenvalue weighted by Crippen LogP contribution is 2.17. The Morgan fingerprint density at radius 2 is 1.58 bits per heavy atom. The van der Waals surface area contributed by atoms with Crippen LogP contribution in [-0.2, 0) is 16.0 Å². The number of hydrogen-bond acceptors (Lipinski definition) is 4. The molecule has 2 amide bonds. The average molecular weight is 356 g/mol. The number of rotatable bonds is 8. The lowest BCUT2D eigenvalue weighted by molar-refractivity contribution is -0.128. The molecule has 2 aromatic carbocycles. The van der Waals surface area contributed by atoms with Gasteiger partial charge in [0.2, 0.25) is 5.91 Å². The van der Waals surface area contributed by atoms with Gasteiger partial charge in [0.15, 0.2) is 6.61 Å². The molecule has 0 spiro atoms. The van der Waals surface area contributed by atoms with Gasteiger partial charge in [-0.05, 0) is 48.4 Å². The first-order valence-corrected chi connectivity index (χ1v) is 8.33. The van der Waals surface area contributed by atoms with Crippen LogP contribution >= 0.6 is 0 Å². The Bertz CT molecular complexity index is 724. The van der Waals surface area contributed by atoms with Crippen LogP contribution in [0.5, 0.6) is 11.5 Å². The Morgan fingerprint density at radius 3 is 2.15 bits per heavy atom. The minimum Gasteiger partial charge on any atom is -0.497 e. The van der Waals surface area contributed by atoms with Crippen LogP contribution in [0, 0.1) is 0 Å². The molecule has 2 rings (SSSR count). The predicted molar refractivity (Wildman–Crippen MR) is 101 cm³/mol. The van der Waals surface area contributed by atoms with Crippen LogP contribution in [-0.4, -0.2) is 44.5 Å². The number of carbonyl (C=O) groups excluding carboxylic acids is 2. The Hall–Kier alpha value is -3.02. The highest BCUT2D eigenvalue weighted by molar-refractivity contribution is 5.91. The number of benzene rings is 2. The SMILES string of the molecule is COc1ccc(OCC(=O)Nc2ccc(CCC(=O)N(C)C)cc2)cc1. The fraction of sp³-hybridized carbons (Fsp3) is 0.300. The van der Waals surface area contributed by atoms with E-state index in [4.69, 9.17) is 9.47 Å². The van der Waals surface area contributed by atoms with Gasteiger partial charge in [-0.25, -0.2) is 0 Å². The van der Waals surface area contributed by atoms with E-state index in [0.717, 1.165) is 11.3 Å². The maximum Gasteiger partial charge on any atom is 0.262 e. The summed E-state index contributed by atoms with van der Waals surface area (Å²) in [7, 11) is 5.08. The van der Waals surface area contributed by atoms with E-state index in [9.17, 15) is 9.59 Å². The number of nitrogens with zero attached hydrogens (tertiary/aromatic N) is 1. The Balaban J connectivity index is 1.78. The zero-order chi connectivity index (χ0) is 18.9. The van der Waals surface area contributed by atoms with Crippen LogP contribution in [0.15, 0.2) is 48.5 Å². The highest BCUT2D eigenvalue weighted by atomic mass is 16.5. The van der Waals surface area contributed by atoms with Crippen molar-refractivity contribution >= 4 is 17.5 Å². The van der Waals surface area contributed by atoms with Crippen molar-refractivity contribution in [2.75, 3.05) is 33.1 Å². The molecular formula is C20H24N2O4. The van der Waals surface area contributed by atoms with Crippen LogP contribution in [0.2, 0.25) is 0 Å². The lowest BCUT2D eigenvalue weighted by Gasteiger charge is -2.10. The van der Waals surface area contributed by atoms with Gasteiger partial charge in [-0.2, -0.15) is 0 Å². The first-order chi connectivity index (χ1) is 12.5. The Morgan fingerprint density at radius 1 is 0.962 bits per heavy atom. The summed E-state index contributed by atoms with van der Waals surface area (Å²) >= 11 is 0. The summed E-state index contributed by atoms with van der Waals surface area (Å²) in [6.45, 7) is -0.0780. The van der Waals surface area contributed by atoms with E-state index in [1.807, 2.05) is 24.3 Å². The molecular weight excluding hydrogens is 332 g/mol. The number of methoxy groups -OCH3 is 1. The molecule has 0 atom stereocenters. The second-order valence-electron chi connectivity index (χ2n) is 6.00. The monoisotopic (exact) mass is 356 g/mol. The van der Waals surface area contributed by atoms with Crippen molar-refractivity contribution in [3.05, 3.63) is 54.1 Å². The van der Waals surface area contributed by atoms with Gasteiger partial charge in [-0.15, -0.1) is 0 Å². The summed E-state index contributed by atoms with van der Waals surface area (Å²) < 4.78 is 10.5. The van der Waals surface area contributed by atoms with Crippen LogP contribution in [0.3, 0.4) is 0 Å². The topological polar surface area (TPSA) is 67.9 Å². The molecule has 0 aliphatic rings. The molecule has 1 N–H and O–H groups in total. The van der Waals surface area contributed by atoms with Gasteiger partial charge < -0.3 is 19.7 Å². The molecule has 0 radical (unpaired) electrons. The van der Waals surface area contributed by atoms with Gasteiger partial charge in [0.05, 0.1) is 7.11 Å². The molecule has 2 aromatic rings. The third kappa shape index (κ3) is 6.12. The maximum atomic E-state index is 12.0. The second-order valence-corrected chi connectivity index (χ2v) is 6.00. The molecule has 0 aromatic heterocycles. The van der Waals surface area contributed by atoms with Crippen LogP contribution in [0.4, 0.5) is 5.69 Å². The molecule has 0 unspecified atom stereocenters. The fourth-order valence-corrected chi connectivity index (χ4v) is 2.25. The summed E-state index contributed by atoms with van der Waals surface area (Å²) in [5.41, 5.74) is 1.74. The minimum atomic E-state index is -0.239. The third-order valence-electron chi connectivity index (χ3n) is 3.79. The summed E-state index contributed by atoms with van der Waals surface area (Å²) in [5.74, 6) is 1.19. The summed E-state index contributed by atoms with van der Waals surface area (Å²) in [4.78, 5) is 25.2. The van der Waals surface area contributed by atoms with Gasteiger partial charge in [0, 0.05) is 26.2 Å². The smallest absolute Gasteiger partial charge is 0.262 e. The Kier molecular flexibility index (Phi) is 7.02. The van der Waals surface area contributed by atoms with Crippen molar-refractivity contribution in [3.63, 3.8) is 0 Å². The van der Waals surface area contributed by atoms with E-state index < -0.39 is 0 Å². The molecule has 0 saturated carbocycles. The van der Waals surface area contributed by atoms with E-state index in [1.54, 1.807) is 50.4 Å². The molecule has 0 heterocycles. The predicted octanol–water partition coefficient (Wildman–Crippen LogP) is 2.73. The standard InChI is InChI=1S/C20H24N2O4/c1-22(2)20(24)13-6-15-4-7-16(8-5-15)21-19(23)14-26-18-11-9-17(25-3)10-12-18/h4-5,7-12H,6,13-14H2,1-3H3,(H,21,23). The molecule has 26 heavy (non-hydrogen) atoms. The quantitative estimate of drug-likeness (QED) is 0.790. The van der Waals surface area contributed by atoms with Crippen molar-refractivity contribution in [2.45, 2.75) is 12.8 Å². The van der Waals surface area contributed by atoms with E-state index in [-0.39, 0.29) is 18.4 Å². The second kappa shape index (κ2) is 9.46. The van der Waals surface area contributed by atoms with E-state index >= 15 is 0 Å². The zero-order valence-corrected chi connectivity index (χ0v) is 15.3. The number of aryl methyl sites for hydroxylation is 1. The van der Waals surface area contributed by atoms with Crippen molar-refractivity contribution in [1.29, 1.82) is 0 Å². The molecule has 0 fully saturated rings. The van der Waals surface area contributed by atoms with Crippen LogP contribution < -0.4 is 14.8 Å². The van der Waals surface area contributed by atoms with Crippen LogP contribution in [0.25, 0.3) is 0 Å². The van der Waals surface area contributed by atoms with Gasteiger partial charge in [0.1, 0.15) is 11.5 Å². The highest BCUT2D eigenvalue weighted by Gasteiger charge is 2.06. The number of amides is 2. The van der Waals surface area contributed by atoms with Crippen LogP contribution in [0.1, 0.15) is 12.0 Å². The Labute approximate surface area is 153 Å². The molecule has 6 nitrogen and oxygen atoms in total. The number of carbonyl (C=O) groups is 2. The van der Waals surface area contributed by atoms with E-state index in [0.29, 0.717) is 24.3 Å². The maximum absolute atomic E-state index is 12.0. The van der Waals surface area contributed by atoms with Crippen molar-refractivity contribution in [3.8, 4) is 11.5 Å². The lowest BCUT2D eigenvalue weighted by atomic mass is 10.1. The van der Waals surface area contributed by atoms with Gasteiger partial charge in [-0.3, -0.25) is 9.59 Å². The molecule has 6 heteroatoms. The molecule has 0 saturated heterocycles. The number of anilines is 1. The van der Waals surface area contributed by atoms with Gasteiger partial charge in [-0.1, -0.05) is 12.1 Å². The lowest BCUT2D eigenvalue weighted by Crippen LogP contribution is -2.21. The molecule has 138 valence electrons. The van der Waals surface area contributed by atoms with E-state index in [1.165, 1.54) is 0 Å². The largest absolute Gasteiger partial charge is 0.497 e. The summed E-state index contributed by atoms with van der Waals surface area (Å²) in [6, 6.07) is 14.5. The van der Waals surface area contributed by atoms with Gasteiger partial charge >= 0.3 is 0 Å². The number of nitrogens with one attached hydrogen (secondary N) is 1. The number of hydrogen-bond donors (Lipinski definition) is 1. The molecule has 0 bridgehead atoms. The third-order valence-corrected chi connectivity index (χ3v) is 3.79. The first-order valence-electron chi connectivity index (χ1n) is 8.33. The van der Waals surface area contributed by atoms with Crippen molar-refractivity contribution in [1.82, 2.24) is 4.90 Å². The molecule has 0 aliphatic heterocycles. The summed E-state index contributed by atoms with van der Waals surface area (Å²) in [6.07, 6.45) is 1.14. The normalized spacial score (nSPS) is 10.1. The zero-order valence-electron chi connectivity index (χ0n) is 15.3. The van der Waals surface area contributed by atoms with Gasteiger partial charge in [0.25, 0.3) is 5.91 Å². The van der Waals surface area contributed by atoms with Crippen molar-refractivity contribution in [2.24, 2.45) is 0 Å². The average Bonchev–Trinajstić information content (AvgIpc) is 2.65. The van der Waals surface area contributed by atoms with Crippen molar-refractivity contribution < 1.29 is 19.1 Å². The first kappa shape index (κ1) is 19.3.